The van der Waals surface area contributed by atoms with E-state index in [9.17, 15) is 9.59 Å². The molecule has 0 bridgehead atoms. The summed E-state index contributed by atoms with van der Waals surface area (Å²) in [6, 6.07) is -0.478. The van der Waals surface area contributed by atoms with Crippen molar-refractivity contribution in [1.82, 2.24) is 9.88 Å². The molecule has 1 aliphatic heterocycles. The van der Waals surface area contributed by atoms with Crippen LogP contribution in [0.1, 0.15) is 33.6 Å². The standard InChI is InChI=1S/C13H19N3O3S/c1-13(2,3)19-12(18)16-7-4-5-9(16)10(17)15-11-14-6-8-20-11/h6,8-9H,4-5,7H2,1-3H3,(H,14,15,17). The fraction of sp³-hybridized carbons (Fsp3) is 0.615. The number of hydrogen-bond donors (Lipinski definition) is 1. The van der Waals surface area contributed by atoms with Crippen molar-refractivity contribution < 1.29 is 14.3 Å². The van der Waals surface area contributed by atoms with Gasteiger partial charge in [0.15, 0.2) is 5.13 Å². The predicted molar refractivity (Wildman–Crippen MR) is 76.7 cm³/mol. The van der Waals surface area contributed by atoms with Gasteiger partial charge >= 0.3 is 6.09 Å². The quantitative estimate of drug-likeness (QED) is 0.910. The summed E-state index contributed by atoms with van der Waals surface area (Å²) in [5.74, 6) is -0.205. The zero-order chi connectivity index (χ0) is 14.8. The molecule has 1 atom stereocenters. The van der Waals surface area contributed by atoms with Crippen molar-refractivity contribution in [2.24, 2.45) is 0 Å². The smallest absolute Gasteiger partial charge is 0.410 e. The van der Waals surface area contributed by atoms with E-state index in [1.54, 1.807) is 11.6 Å². The van der Waals surface area contributed by atoms with Crippen LogP contribution < -0.4 is 5.32 Å². The lowest BCUT2D eigenvalue weighted by Crippen LogP contribution is -2.45. The molecule has 2 rings (SSSR count). The number of nitrogens with zero attached hydrogens (tertiary/aromatic N) is 2. The molecule has 1 aliphatic rings. The highest BCUT2D eigenvalue weighted by atomic mass is 32.1. The molecule has 0 aromatic carbocycles. The van der Waals surface area contributed by atoms with Crippen molar-refractivity contribution in [2.45, 2.75) is 45.3 Å². The highest BCUT2D eigenvalue weighted by Crippen LogP contribution is 2.22. The number of carbonyl (C=O) groups excluding carboxylic acids is 2. The van der Waals surface area contributed by atoms with Gasteiger partial charge in [0.1, 0.15) is 11.6 Å². The normalized spacial score (nSPS) is 18.9. The maximum Gasteiger partial charge on any atom is 0.410 e. The monoisotopic (exact) mass is 297 g/mol. The van der Waals surface area contributed by atoms with Gasteiger partial charge in [-0.15, -0.1) is 11.3 Å². The van der Waals surface area contributed by atoms with Crippen LogP contribution >= 0.6 is 11.3 Å². The first-order valence-electron chi connectivity index (χ1n) is 6.57. The van der Waals surface area contributed by atoms with Crippen LogP contribution in [0.4, 0.5) is 9.93 Å². The van der Waals surface area contributed by atoms with Gasteiger partial charge in [0.25, 0.3) is 0 Å². The first-order chi connectivity index (χ1) is 9.37. The van der Waals surface area contributed by atoms with E-state index in [-0.39, 0.29) is 5.91 Å². The van der Waals surface area contributed by atoms with E-state index in [0.717, 1.165) is 6.42 Å². The number of amides is 2. The van der Waals surface area contributed by atoms with E-state index in [1.807, 2.05) is 20.8 Å². The summed E-state index contributed by atoms with van der Waals surface area (Å²) in [6.45, 7) is 5.98. The Morgan fingerprint density at radius 2 is 2.25 bits per heavy atom. The Hall–Kier alpha value is -1.63. The Bertz CT molecular complexity index is 482. The Balaban J connectivity index is 1.99. The number of nitrogens with one attached hydrogen (secondary N) is 1. The van der Waals surface area contributed by atoms with Crippen molar-refractivity contribution >= 4 is 28.5 Å². The van der Waals surface area contributed by atoms with Gasteiger partial charge in [0.05, 0.1) is 0 Å². The van der Waals surface area contributed by atoms with E-state index < -0.39 is 17.7 Å². The van der Waals surface area contributed by atoms with E-state index >= 15 is 0 Å². The third-order valence-corrected chi connectivity index (χ3v) is 3.53. The molecule has 0 spiro atoms. The summed E-state index contributed by atoms with van der Waals surface area (Å²) in [6.07, 6.45) is 2.64. The van der Waals surface area contributed by atoms with Gasteiger partial charge in [0, 0.05) is 18.1 Å². The van der Waals surface area contributed by atoms with E-state index in [2.05, 4.69) is 10.3 Å². The highest BCUT2D eigenvalue weighted by molar-refractivity contribution is 7.13. The van der Waals surface area contributed by atoms with Crippen LogP contribution in [0.2, 0.25) is 0 Å². The van der Waals surface area contributed by atoms with Crippen molar-refractivity contribution in [3.63, 3.8) is 0 Å². The molecular formula is C13H19N3O3S. The first kappa shape index (κ1) is 14.8. The number of anilines is 1. The largest absolute Gasteiger partial charge is 0.444 e. The van der Waals surface area contributed by atoms with Crippen molar-refractivity contribution in [2.75, 3.05) is 11.9 Å². The molecule has 6 nitrogen and oxygen atoms in total. The molecule has 7 heteroatoms. The molecule has 0 radical (unpaired) electrons. The number of thiazole rings is 1. The molecule has 1 unspecified atom stereocenters. The fourth-order valence-electron chi connectivity index (χ4n) is 2.05. The topological polar surface area (TPSA) is 71.5 Å². The lowest BCUT2D eigenvalue weighted by molar-refractivity contribution is -0.120. The number of rotatable bonds is 2. The lowest BCUT2D eigenvalue weighted by atomic mass is 10.2. The Kier molecular flexibility index (Phi) is 4.27. The molecule has 1 N–H and O–H groups in total. The molecule has 1 fully saturated rings. The van der Waals surface area contributed by atoms with Gasteiger partial charge in [-0.2, -0.15) is 0 Å². The van der Waals surface area contributed by atoms with Crippen molar-refractivity contribution in [3.05, 3.63) is 11.6 Å². The van der Waals surface area contributed by atoms with Gasteiger partial charge in [-0.25, -0.2) is 9.78 Å². The molecule has 2 amide bonds. The molecular weight excluding hydrogens is 278 g/mol. The molecule has 110 valence electrons. The average Bonchev–Trinajstić information content (AvgIpc) is 2.96. The van der Waals surface area contributed by atoms with Crippen LogP contribution in [0, 0.1) is 0 Å². The third-order valence-electron chi connectivity index (χ3n) is 2.85. The van der Waals surface area contributed by atoms with Crippen LogP contribution in [0.15, 0.2) is 11.6 Å². The second kappa shape index (κ2) is 5.78. The number of hydrogen-bond acceptors (Lipinski definition) is 5. The van der Waals surface area contributed by atoms with Crippen LogP contribution in [-0.4, -0.2) is 40.1 Å². The second-order valence-corrected chi connectivity index (χ2v) is 6.55. The maximum absolute atomic E-state index is 12.2. The minimum atomic E-state index is -0.560. The summed E-state index contributed by atoms with van der Waals surface area (Å²) in [4.78, 5) is 29.8. The SMILES string of the molecule is CC(C)(C)OC(=O)N1CCCC1C(=O)Nc1nccs1. The van der Waals surface area contributed by atoms with E-state index in [0.29, 0.717) is 18.1 Å². The van der Waals surface area contributed by atoms with Crippen molar-refractivity contribution in [1.29, 1.82) is 0 Å². The molecule has 2 heterocycles. The first-order valence-corrected chi connectivity index (χ1v) is 7.45. The van der Waals surface area contributed by atoms with E-state index in [1.165, 1.54) is 16.2 Å². The molecule has 1 saturated heterocycles. The van der Waals surface area contributed by atoms with Crippen molar-refractivity contribution in [3.8, 4) is 0 Å². The second-order valence-electron chi connectivity index (χ2n) is 5.66. The fourth-order valence-corrected chi connectivity index (χ4v) is 2.58. The summed E-state index contributed by atoms with van der Waals surface area (Å²) < 4.78 is 5.33. The minimum Gasteiger partial charge on any atom is -0.444 e. The molecule has 1 aromatic rings. The van der Waals surface area contributed by atoms with Gasteiger partial charge in [0.2, 0.25) is 5.91 Å². The van der Waals surface area contributed by atoms with Gasteiger partial charge < -0.3 is 10.1 Å². The van der Waals surface area contributed by atoms with Crippen LogP contribution in [0.3, 0.4) is 0 Å². The summed E-state index contributed by atoms with van der Waals surface area (Å²) >= 11 is 1.35. The Morgan fingerprint density at radius 1 is 1.50 bits per heavy atom. The Morgan fingerprint density at radius 3 is 2.85 bits per heavy atom. The lowest BCUT2D eigenvalue weighted by Gasteiger charge is -2.27. The predicted octanol–water partition coefficient (Wildman–Crippen LogP) is 2.48. The minimum absolute atomic E-state index is 0.205. The van der Waals surface area contributed by atoms with Crippen LogP contribution in [-0.2, 0) is 9.53 Å². The summed E-state index contributed by atoms with van der Waals surface area (Å²) in [7, 11) is 0. The molecule has 1 aromatic heterocycles. The van der Waals surface area contributed by atoms with Gasteiger partial charge in [-0.3, -0.25) is 9.69 Å². The van der Waals surface area contributed by atoms with Crippen LogP contribution in [0.5, 0.6) is 0 Å². The van der Waals surface area contributed by atoms with Gasteiger partial charge in [-0.1, -0.05) is 0 Å². The summed E-state index contributed by atoms with van der Waals surface area (Å²) in [5.41, 5.74) is -0.560. The number of carbonyl (C=O) groups is 2. The Labute approximate surface area is 122 Å². The molecule has 0 saturated carbocycles. The van der Waals surface area contributed by atoms with E-state index in [4.69, 9.17) is 4.74 Å². The molecule has 0 aliphatic carbocycles. The number of aromatic nitrogens is 1. The number of ether oxygens (including phenoxy) is 1. The van der Waals surface area contributed by atoms with Gasteiger partial charge in [-0.05, 0) is 33.6 Å². The average molecular weight is 297 g/mol. The third kappa shape index (κ3) is 3.69. The maximum atomic E-state index is 12.2. The highest BCUT2D eigenvalue weighted by Gasteiger charge is 2.36. The zero-order valence-corrected chi connectivity index (χ0v) is 12.7. The van der Waals surface area contributed by atoms with Crippen LogP contribution in [0.25, 0.3) is 0 Å². The zero-order valence-electron chi connectivity index (χ0n) is 11.9. The molecule has 20 heavy (non-hydrogen) atoms. The number of likely N-dealkylation sites (tertiary alicyclic amines) is 1. The summed E-state index contributed by atoms with van der Waals surface area (Å²) in [5, 5.41) is 5.07.